The summed E-state index contributed by atoms with van der Waals surface area (Å²) in [7, 11) is 0. The highest BCUT2D eigenvalue weighted by molar-refractivity contribution is 6.00. The van der Waals surface area contributed by atoms with Gasteiger partial charge in [-0.2, -0.15) is 0 Å². The third-order valence-electron chi connectivity index (χ3n) is 5.03. The van der Waals surface area contributed by atoms with E-state index in [1.807, 2.05) is 12.1 Å². The first kappa shape index (κ1) is 20.9. The van der Waals surface area contributed by atoms with Gasteiger partial charge in [0.25, 0.3) is 0 Å². The molecule has 3 aromatic rings. The Labute approximate surface area is 171 Å². The fraction of sp³-hybridized carbons (Fsp3) is 0.269. The zero-order valence-electron chi connectivity index (χ0n) is 17.4. The average molecular weight is 392 g/mol. The molecule has 0 atom stereocenters. The number of aryl methyl sites for hydroxylation is 1. The van der Waals surface area contributed by atoms with Crippen LogP contribution < -0.4 is 0 Å². The smallest absolute Gasteiger partial charge is 0.171 e. The Hall–Kier alpha value is -2.81. The van der Waals surface area contributed by atoms with Gasteiger partial charge in [-0.05, 0) is 34.7 Å². The Bertz CT molecular complexity index is 1010. The summed E-state index contributed by atoms with van der Waals surface area (Å²) in [6.07, 6.45) is 2.16. The van der Waals surface area contributed by atoms with Crippen molar-refractivity contribution in [1.29, 1.82) is 0 Å². The maximum absolute atomic E-state index is 14.7. The second-order valence-electron chi connectivity index (χ2n) is 8.39. The van der Waals surface area contributed by atoms with Gasteiger partial charge in [-0.15, -0.1) is 0 Å². The summed E-state index contributed by atoms with van der Waals surface area (Å²) in [6, 6.07) is 18.6. The van der Waals surface area contributed by atoms with Gasteiger partial charge >= 0.3 is 0 Å². The summed E-state index contributed by atoms with van der Waals surface area (Å²) in [5.74, 6) is -2.49. The van der Waals surface area contributed by atoms with E-state index in [-0.39, 0.29) is 11.1 Å². The van der Waals surface area contributed by atoms with Gasteiger partial charge in [0.2, 0.25) is 0 Å². The molecule has 29 heavy (non-hydrogen) atoms. The lowest BCUT2D eigenvalue weighted by Gasteiger charge is -2.18. The molecule has 0 saturated heterocycles. The minimum absolute atomic E-state index is 0.151. The van der Waals surface area contributed by atoms with E-state index in [1.165, 1.54) is 17.7 Å². The van der Waals surface area contributed by atoms with E-state index in [9.17, 15) is 13.6 Å². The van der Waals surface area contributed by atoms with E-state index in [0.29, 0.717) is 5.56 Å². The van der Waals surface area contributed by atoms with Crippen LogP contribution in [0.25, 0.3) is 22.3 Å². The third-order valence-corrected chi connectivity index (χ3v) is 5.03. The summed E-state index contributed by atoms with van der Waals surface area (Å²) >= 11 is 0. The molecule has 0 unspecified atom stereocenters. The van der Waals surface area contributed by atoms with Crippen LogP contribution in [-0.2, 0) is 6.42 Å². The Kier molecular flexibility index (Phi) is 5.97. The zero-order chi connectivity index (χ0) is 21.2. The summed E-state index contributed by atoms with van der Waals surface area (Å²) in [5.41, 5.74) is 3.13. The maximum Gasteiger partial charge on any atom is 0.171 e. The number of halogens is 2. The lowest BCUT2D eigenvalue weighted by Crippen LogP contribution is -2.22. The van der Waals surface area contributed by atoms with Crippen LogP contribution >= 0.6 is 0 Å². The number of Topliss-reactive ketones (excluding diaryl/α,β-unsaturated/α-hetero) is 1. The normalized spacial score (nSPS) is 11.5. The number of benzene rings is 3. The van der Waals surface area contributed by atoms with Crippen molar-refractivity contribution in [2.24, 2.45) is 5.41 Å². The summed E-state index contributed by atoms with van der Waals surface area (Å²) in [5, 5.41) is 0. The van der Waals surface area contributed by atoms with Crippen LogP contribution in [0.3, 0.4) is 0 Å². The van der Waals surface area contributed by atoms with Crippen LogP contribution in [0.4, 0.5) is 8.78 Å². The van der Waals surface area contributed by atoms with E-state index in [0.717, 1.165) is 24.0 Å². The second-order valence-corrected chi connectivity index (χ2v) is 8.39. The van der Waals surface area contributed by atoms with Crippen molar-refractivity contribution in [3.8, 4) is 22.3 Å². The summed E-state index contributed by atoms with van der Waals surface area (Å²) < 4.78 is 29.3. The van der Waals surface area contributed by atoms with Gasteiger partial charge in [0.05, 0.1) is 5.56 Å². The highest BCUT2D eigenvalue weighted by atomic mass is 19.2. The number of carbonyl (C=O) groups is 1. The quantitative estimate of drug-likeness (QED) is 0.411. The van der Waals surface area contributed by atoms with Crippen LogP contribution in [-0.4, -0.2) is 5.78 Å². The summed E-state index contributed by atoms with van der Waals surface area (Å²) in [4.78, 5) is 12.3. The molecule has 150 valence electrons. The minimum atomic E-state index is -1.09. The van der Waals surface area contributed by atoms with Gasteiger partial charge < -0.3 is 0 Å². The molecule has 0 bridgehead atoms. The molecule has 0 heterocycles. The molecule has 0 radical (unpaired) electrons. The standard InChI is InChI=1S/C26H26F2O/c1-5-6-17-7-9-18(10-8-17)19-11-13-20(14-12-19)21-15-16-22(24(28)23(21)27)25(29)26(2,3)4/h7-16H,5-6H2,1-4H3. The number of hydrogen-bond acceptors (Lipinski definition) is 1. The molecular weight excluding hydrogens is 366 g/mol. The van der Waals surface area contributed by atoms with E-state index in [1.54, 1.807) is 32.9 Å². The Morgan fingerprint density at radius 1 is 0.759 bits per heavy atom. The fourth-order valence-electron chi connectivity index (χ4n) is 3.35. The molecule has 0 aliphatic rings. The molecule has 0 amide bonds. The zero-order valence-corrected chi connectivity index (χ0v) is 17.4. The first-order valence-electron chi connectivity index (χ1n) is 9.95. The van der Waals surface area contributed by atoms with E-state index >= 15 is 0 Å². The third kappa shape index (κ3) is 4.45. The van der Waals surface area contributed by atoms with Crippen molar-refractivity contribution in [2.75, 3.05) is 0 Å². The Balaban J connectivity index is 1.90. The maximum atomic E-state index is 14.7. The lowest BCUT2D eigenvalue weighted by atomic mass is 9.85. The number of hydrogen-bond donors (Lipinski definition) is 0. The molecule has 0 fully saturated rings. The molecule has 0 saturated carbocycles. The van der Waals surface area contributed by atoms with Crippen LogP contribution in [0.1, 0.15) is 50.0 Å². The van der Waals surface area contributed by atoms with Crippen molar-refractivity contribution in [2.45, 2.75) is 40.5 Å². The lowest BCUT2D eigenvalue weighted by molar-refractivity contribution is 0.0853. The molecule has 3 heteroatoms. The van der Waals surface area contributed by atoms with Gasteiger partial charge in [0, 0.05) is 11.0 Å². The second kappa shape index (κ2) is 8.28. The predicted octanol–water partition coefficient (Wildman–Crippen LogP) is 7.48. The number of carbonyl (C=O) groups excluding carboxylic acids is 1. The first-order chi connectivity index (χ1) is 13.7. The number of ketones is 1. The average Bonchev–Trinajstić information content (AvgIpc) is 2.70. The fourth-order valence-corrected chi connectivity index (χ4v) is 3.35. The molecule has 0 N–H and O–H groups in total. The predicted molar refractivity (Wildman–Crippen MR) is 115 cm³/mol. The Morgan fingerprint density at radius 2 is 1.28 bits per heavy atom. The highest BCUT2D eigenvalue weighted by Gasteiger charge is 2.28. The summed E-state index contributed by atoms with van der Waals surface area (Å²) in [6.45, 7) is 7.22. The van der Waals surface area contributed by atoms with Gasteiger partial charge in [-0.3, -0.25) is 4.79 Å². The van der Waals surface area contributed by atoms with Crippen LogP contribution in [0.2, 0.25) is 0 Å². The van der Waals surface area contributed by atoms with E-state index in [2.05, 4.69) is 31.2 Å². The molecule has 0 aliphatic carbocycles. The van der Waals surface area contributed by atoms with E-state index < -0.39 is 22.8 Å². The van der Waals surface area contributed by atoms with Crippen molar-refractivity contribution < 1.29 is 13.6 Å². The van der Waals surface area contributed by atoms with Crippen molar-refractivity contribution in [1.82, 2.24) is 0 Å². The van der Waals surface area contributed by atoms with Crippen molar-refractivity contribution in [3.05, 3.63) is 83.4 Å². The molecule has 3 rings (SSSR count). The monoisotopic (exact) mass is 392 g/mol. The number of rotatable bonds is 5. The molecular formula is C26H26F2O. The first-order valence-corrected chi connectivity index (χ1v) is 9.95. The van der Waals surface area contributed by atoms with Crippen LogP contribution in [0, 0.1) is 17.0 Å². The van der Waals surface area contributed by atoms with Crippen molar-refractivity contribution in [3.63, 3.8) is 0 Å². The van der Waals surface area contributed by atoms with Gasteiger partial charge in [0.15, 0.2) is 17.4 Å². The van der Waals surface area contributed by atoms with Crippen LogP contribution in [0.15, 0.2) is 60.7 Å². The van der Waals surface area contributed by atoms with E-state index in [4.69, 9.17) is 0 Å². The van der Waals surface area contributed by atoms with Crippen LogP contribution in [0.5, 0.6) is 0 Å². The van der Waals surface area contributed by atoms with Crippen molar-refractivity contribution >= 4 is 5.78 Å². The molecule has 0 aromatic heterocycles. The SMILES string of the molecule is CCCc1ccc(-c2ccc(-c3ccc(C(=O)C(C)(C)C)c(F)c3F)cc2)cc1. The molecule has 3 aromatic carbocycles. The topological polar surface area (TPSA) is 17.1 Å². The van der Waals surface area contributed by atoms with Gasteiger partial charge in [0.1, 0.15) is 0 Å². The highest BCUT2D eigenvalue weighted by Crippen LogP contribution is 2.31. The van der Waals surface area contributed by atoms with Gasteiger partial charge in [-0.25, -0.2) is 8.78 Å². The van der Waals surface area contributed by atoms with Gasteiger partial charge in [-0.1, -0.05) is 88.7 Å². The minimum Gasteiger partial charge on any atom is -0.293 e. The molecule has 0 spiro atoms. The Morgan fingerprint density at radius 3 is 1.79 bits per heavy atom. The molecule has 0 aliphatic heterocycles. The largest absolute Gasteiger partial charge is 0.293 e. The molecule has 1 nitrogen and oxygen atoms in total.